The van der Waals surface area contributed by atoms with E-state index in [1.165, 1.54) is 6.07 Å². The Labute approximate surface area is 142 Å². The number of thiophene rings is 1. The van der Waals surface area contributed by atoms with E-state index in [0.717, 1.165) is 30.6 Å². The van der Waals surface area contributed by atoms with E-state index in [2.05, 4.69) is 0 Å². The second-order valence-electron chi connectivity index (χ2n) is 7.92. The summed E-state index contributed by atoms with van der Waals surface area (Å²) >= 11 is 1.12. The highest BCUT2D eigenvalue weighted by molar-refractivity contribution is 7.12. The highest BCUT2D eigenvalue weighted by Gasteiger charge is 2.61. The van der Waals surface area contributed by atoms with Gasteiger partial charge in [0, 0.05) is 0 Å². The van der Waals surface area contributed by atoms with Crippen molar-refractivity contribution in [2.45, 2.75) is 44.7 Å². The first-order valence-electron chi connectivity index (χ1n) is 8.47. The molecule has 4 saturated carbocycles. The largest absolute Gasteiger partial charge is 0.450 e. The standard InChI is InChI=1S/C18H19F3O2S/c19-18(20,21)16(23)14(15(22)13-2-1-3-24-13)17-7-10-4-11(8-17)6-12(5-10)9-17/h1-3,10-12,14H,4-9H2/t10?,11?,12?,14-,17?/m1/s1. The minimum absolute atomic E-state index is 0.272. The third-order valence-electron chi connectivity index (χ3n) is 6.27. The number of alkyl halides is 3. The number of Topliss-reactive ketones (excluding diaryl/α,β-unsaturated/α-hetero) is 2. The first kappa shape index (κ1) is 16.3. The average Bonchev–Trinajstić information content (AvgIpc) is 2.98. The van der Waals surface area contributed by atoms with Gasteiger partial charge in [0.05, 0.1) is 10.8 Å². The molecular formula is C18H19F3O2S. The van der Waals surface area contributed by atoms with Crippen LogP contribution in [0.5, 0.6) is 0 Å². The lowest BCUT2D eigenvalue weighted by Gasteiger charge is -2.58. The van der Waals surface area contributed by atoms with Crippen LogP contribution < -0.4 is 0 Å². The first-order chi connectivity index (χ1) is 11.3. The number of hydrogen-bond donors (Lipinski definition) is 0. The second kappa shape index (κ2) is 5.41. The summed E-state index contributed by atoms with van der Waals surface area (Å²) in [6.07, 6.45) is 0.00678. The molecule has 6 heteroatoms. The van der Waals surface area contributed by atoms with Gasteiger partial charge in [0.1, 0.15) is 0 Å². The maximum Gasteiger partial charge on any atom is 0.450 e. The fourth-order valence-corrected chi connectivity index (χ4v) is 6.63. The quantitative estimate of drug-likeness (QED) is 0.568. The number of halogens is 3. The van der Waals surface area contributed by atoms with E-state index < -0.39 is 29.1 Å². The number of rotatable bonds is 4. The van der Waals surface area contributed by atoms with Gasteiger partial charge in [-0.2, -0.15) is 13.2 Å². The monoisotopic (exact) mass is 356 g/mol. The summed E-state index contributed by atoms with van der Waals surface area (Å²) in [5.41, 5.74) is -0.775. The summed E-state index contributed by atoms with van der Waals surface area (Å²) < 4.78 is 39.9. The SMILES string of the molecule is O=C(c1cccs1)[C@H](C(=O)C(F)(F)F)C12CC3CC(CC(C3)C1)C2. The molecule has 0 unspecified atom stereocenters. The van der Waals surface area contributed by atoms with E-state index in [4.69, 9.17) is 0 Å². The van der Waals surface area contributed by atoms with Crippen molar-refractivity contribution in [2.24, 2.45) is 29.1 Å². The van der Waals surface area contributed by atoms with Crippen molar-refractivity contribution in [1.82, 2.24) is 0 Å². The molecule has 0 aromatic carbocycles. The molecule has 0 saturated heterocycles. The molecule has 4 aliphatic carbocycles. The molecule has 0 radical (unpaired) electrons. The predicted molar refractivity (Wildman–Crippen MR) is 83.8 cm³/mol. The molecule has 5 rings (SSSR count). The van der Waals surface area contributed by atoms with Crippen LogP contribution in [0.15, 0.2) is 17.5 Å². The third-order valence-corrected chi connectivity index (χ3v) is 7.15. The minimum Gasteiger partial charge on any atom is -0.292 e. The van der Waals surface area contributed by atoms with Gasteiger partial charge in [-0.25, -0.2) is 0 Å². The molecule has 130 valence electrons. The zero-order valence-electron chi connectivity index (χ0n) is 13.1. The molecule has 1 atom stereocenters. The fourth-order valence-electron chi connectivity index (χ4n) is 5.93. The third kappa shape index (κ3) is 2.54. The summed E-state index contributed by atoms with van der Waals surface area (Å²) in [5, 5.41) is 1.67. The molecule has 1 aromatic heterocycles. The summed E-state index contributed by atoms with van der Waals surface area (Å²) in [7, 11) is 0. The highest BCUT2D eigenvalue weighted by atomic mass is 32.1. The zero-order chi connectivity index (χ0) is 17.1. The van der Waals surface area contributed by atoms with Crippen molar-refractivity contribution >= 4 is 22.9 Å². The van der Waals surface area contributed by atoms with Gasteiger partial charge in [0.2, 0.25) is 5.78 Å². The minimum atomic E-state index is -4.96. The molecule has 1 aromatic rings. The fraction of sp³-hybridized carbons (Fsp3) is 0.667. The predicted octanol–water partition coefficient (Wildman–Crippen LogP) is 4.89. The van der Waals surface area contributed by atoms with Crippen molar-refractivity contribution in [2.75, 3.05) is 0 Å². The van der Waals surface area contributed by atoms with Crippen molar-refractivity contribution < 1.29 is 22.8 Å². The summed E-state index contributed by atoms with van der Waals surface area (Å²) in [5.74, 6) is -2.84. The molecule has 4 fully saturated rings. The van der Waals surface area contributed by atoms with Gasteiger partial charge in [-0.15, -0.1) is 11.3 Å². The maximum absolute atomic E-state index is 13.3. The average molecular weight is 356 g/mol. The Morgan fingerprint density at radius 3 is 2.04 bits per heavy atom. The molecule has 24 heavy (non-hydrogen) atoms. The van der Waals surface area contributed by atoms with Crippen molar-refractivity contribution in [3.05, 3.63) is 22.4 Å². The molecule has 0 aliphatic heterocycles. The van der Waals surface area contributed by atoms with Gasteiger partial charge < -0.3 is 0 Å². The Morgan fingerprint density at radius 2 is 1.62 bits per heavy atom. The smallest absolute Gasteiger partial charge is 0.292 e. The first-order valence-corrected chi connectivity index (χ1v) is 9.35. The van der Waals surface area contributed by atoms with Crippen LogP contribution in [0.4, 0.5) is 13.2 Å². The van der Waals surface area contributed by atoms with Gasteiger partial charge in [0.25, 0.3) is 0 Å². The lowest BCUT2D eigenvalue weighted by Crippen LogP contribution is -2.55. The normalized spacial score (nSPS) is 35.9. The van der Waals surface area contributed by atoms with Crippen LogP contribution in [0.25, 0.3) is 0 Å². The lowest BCUT2D eigenvalue weighted by atomic mass is 9.45. The van der Waals surface area contributed by atoms with Crippen molar-refractivity contribution in [3.63, 3.8) is 0 Å². The van der Waals surface area contributed by atoms with Gasteiger partial charge in [-0.1, -0.05) is 6.07 Å². The topological polar surface area (TPSA) is 34.1 Å². The van der Waals surface area contributed by atoms with Crippen LogP contribution in [-0.4, -0.2) is 17.7 Å². The van der Waals surface area contributed by atoms with Crippen LogP contribution in [0, 0.1) is 29.1 Å². The molecule has 4 bridgehead atoms. The number of ketones is 2. The van der Waals surface area contributed by atoms with Crippen molar-refractivity contribution in [3.8, 4) is 0 Å². The number of carbonyl (C=O) groups excluding carboxylic acids is 2. The van der Waals surface area contributed by atoms with Crippen LogP contribution in [0.2, 0.25) is 0 Å². The second-order valence-corrected chi connectivity index (χ2v) is 8.86. The van der Waals surface area contributed by atoms with Crippen LogP contribution in [0.1, 0.15) is 48.2 Å². The Hall–Kier alpha value is -1.17. The molecule has 0 amide bonds. The molecule has 0 N–H and O–H groups in total. The van der Waals surface area contributed by atoms with Crippen LogP contribution in [0.3, 0.4) is 0 Å². The number of carbonyl (C=O) groups is 2. The zero-order valence-corrected chi connectivity index (χ0v) is 14.0. The molecule has 4 aliphatic rings. The lowest BCUT2D eigenvalue weighted by molar-refractivity contribution is -0.183. The van der Waals surface area contributed by atoms with Crippen molar-refractivity contribution in [1.29, 1.82) is 0 Å². The Balaban J connectivity index is 1.75. The summed E-state index contributed by atoms with van der Waals surface area (Å²) in [6, 6.07) is 3.18. The Kier molecular flexibility index (Phi) is 3.68. The van der Waals surface area contributed by atoms with Gasteiger partial charge in [-0.3, -0.25) is 9.59 Å². The van der Waals surface area contributed by atoms with E-state index in [0.29, 0.717) is 37.0 Å². The van der Waals surface area contributed by atoms with E-state index in [9.17, 15) is 22.8 Å². The van der Waals surface area contributed by atoms with Gasteiger partial charge in [0.15, 0.2) is 5.78 Å². The van der Waals surface area contributed by atoms with E-state index in [1.807, 2.05) is 0 Å². The van der Waals surface area contributed by atoms with E-state index >= 15 is 0 Å². The van der Waals surface area contributed by atoms with Crippen LogP contribution in [-0.2, 0) is 4.79 Å². The summed E-state index contributed by atoms with van der Waals surface area (Å²) in [4.78, 5) is 25.4. The van der Waals surface area contributed by atoms with Crippen LogP contribution >= 0.6 is 11.3 Å². The summed E-state index contributed by atoms with van der Waals surface area (Å²) in [6.45, 7) is 0. The molecule has 0 spiro atoms. The van der Waals surface area contributed by atoms with Gasteiger partial charge in [-0.05, 0) is 73.1 Å². The number of hydrogen-bond acceptors (Lipinski definition) is 3. The molecule has 1 heterocycles. The molecular weight excluding hydrogens is 337 g/mol. The molecule has 2 nitrogen and oxygen atoms in total. The Morgan fingerprint density at radius 1 is 1.08 bits per heavy atom. The Bertz CT molecular complexity index is 627. The highest BCUT2D eigenvalue weighted by Crippen LogP contribution is 2.63. The van der Waals surface area contributed by atoms with Gasteiger partial charge >= 0.3 is 6.18 Å². The van der Waals surface area contributed by atoms with E-state index in [1.54, 1.807) is 11.4 Å². The van der Waals surface area contributed by atoms with E-state index in [-0.39, 0.29) is 4.88 Å². The maximum atomic E-state index is 13.3.